The summed E-state index contributed by atoms with van der Waals surface area (Å²) in [5, 5.41) is 0.679. The lowest BCUT2D eigenvalue weighted by molar-refractivity contribution is 0.0750. The lowest BCUT2D eigenvalue weighted by atomic mass is 10.4. The summed E-state index contributed by atoms with van der Waals surface area (Å²) in [6.07, 6.45) is 0. The van der Waals surface area contributed by atoms with Crippen LogP contribution in [-0.4, -0.2) is 21.6 Å². The molecule has 0 aliphatic carbocycles. The van der Waals surface area contributed by atoms with Crippen LogP contribution in [0.5, 0.6) is 0 Å². The van der Waals surface area contributed by atoms with Crippen molar-refractivity contribution in [3.8, 4) is 0 Å². The van der Waals surface area contributed by atoms with Crippen molar-refractivity contribution >= 4 is 35.0 Å². The Morgan fingerprint density at radius 1 is 1.10 bits per heavy atom. The Labute approximate surface area is 75.4 Å². The number of hydrogen-bond acceptors (Lipinski definition) is 2. The van der Waals surface area contributed by atoms with Crippen LogP contribution in [0.1, 0.15) is 13.8 Å². The van der Waals surface area contributed by atoms with Crippen molar-refractivity contribution in [2.24, 2.45) is 0 Å². The number of thioether (sulfide) groups is 1. The highest BCUT2D eigenvalue weighted by Gasteiger charge is 2.31. The molecule has 0 aromatic carbocycles. The minimum atomic E-state index is -0.233. The molecule has 0 aromatic heterocycles. The van der Waals surface area contributed by atoms with Crippen LogP contribution in [0.15, 0.2) is 0 Å². The zero-order valence-corrected chi connectivity index (χ0v) is 8.21. The maximum Gasteiger partial charge on any atom is 0.144 e. The molecule has 1 saturated heterocycles. The van der Waals surface area contributed by atoms with E-state index in [2.05, 4.69) is 0 Å². The van der Waals surface area contributed by atoms with Crippen LogP contribution in [0.3, 0.4) is 0 Å². The van der Waals surface area contributed by atoms with E-state index in [4.69, 9.17) is 27.9 Å². The van der Waals surface area contributed by atoms with Crippen molar-refractivity contribution in [2.75, 3.05) is 0 Å². The quantitative estimate of drug-likeness (QED) is 0.557. The van der Waals surface area contributed by atoms with E-state index in [1.165, 1.54) is 0 Å². The van der Waals surface area contributed by atoms with Crippen molar-refractivity contribution in [3.05, 3.63) is 0 Å². The Hall–Kier alpha value is 0.890. The van der Waals surface area contributed by atoms with E-state index < -0.39 is 0 Å². The lowest BCUT2D eigenvalue weighted by Crippen LogP contribution is -2.34. The fourth-order valence-electron chi connectivity index (χ4n) is 0.808. The van der Waals surface area contributed by atoms with Gasteiger partial charge in [0.25, 0.3) is 0 Å². The topological polar surface area (TPSA) is 9.23 Å². The summed E-state index contributed by atoms with van der Waals surface area (Å²) in [7, 11) is 0. The van der Waals surface area contributed by atoms with Crippen LogP contribution >= 0.6 is 35.0 Å². The summed E-state index contributed by atoms with van der Waals surface area (Å²) in [6.45, 7) is 4.09. The first-order chi connectivity index (χ1) is 4.61. The van der Waals surface area contributed by atoms with Crippen LogP contribution in [0.25, 0.3) is 0 Å². The second kappa shape index (κ2) is 3.53. The minimum Gasteiger partial charge on any atom is -0.341 e. The van der Waals surface area contributed by atoms with Gasteiger partial charge in [-0.05, 0) is 13.8 Å². The fourth-order valence-corrected chi connectivity index (χ4v) is 2.49. The molecule has 4 atom stereocenters. The van der Waals surface area contributed by atoms with Crippen molar-refractivity contribution in [1.29, 1.82) is 0 Å². The Bertz CT molecular complexity index is 96.3. The molecule has 0 aromatic rings. The zero-order chi connectivity index (χ0) is 7.72. The predicted octanol–water partition coefficient (Wildman–Crippen LogP) is 2.66. The van der Waals surface area contributed by atoms with Gasteiger partial charge in [-0.15, -0.1) is 11.8 Å². The molecule has 0 bridgehead atoms. The fraction of sp³-hybridized carbons (Fsp3) is 1.00. The first-order valence-electron chi connectivity index (χ1n) is 3.20. The first-order valence-corrected chi connectivity index (χ1v) is 5.02. The molecule has 1 aliphatic rings. The molecule has 60 valence electrons. The van der Waals surface area contributed by atoms with Gasteiger partial charge in [-0.25, -0.2) is 0 Å². The van der Waals surface area contributed by atoms with Gasteiger partial charge in [0.15, 0.2) is 0 Å². The normalized spacial score (nSPS) is 49.2. The summed E-state index contributed by atoms with van der Waals surface area (Å²) in [6, 6.07) is 0. The molecule has 1 heterocycles. The highest BCUT2D eigenvalue weighted by atomic mass is 35.5. The minimum absolute atomic E-state index is 0.233. The van der Waals surface area contributed by atoms with Gasteiger partial charge in [-0.3, -0.25) is 0 Å². The molecule has 0 N–H and O–H groups in total. The van der Waals surface area contributed by atoms with E-state index in [1.54, 1.807) is 11.8 Å². The van der Waals surface area contributed by atoms with E-state index in [0.717, 1.165) is 0 Å². The van der Waals surface area contributed by atoms with E-state index in [1.807, 2.05) is 13.8 Å². The SMILES string of the molecule is CC1SC(C)C(Cl)OC1Cl. The maximum absolute atomic E-state index is 5.80. The number of halogens is 2. The molecule has 4 heteroatoms. The van der Waals surface area contributed by atoms with Gasteiger partial charge in [0, 0.05) is 10.5 Å². The molecular formula is C6H10Cl2OS. The first kappa shape index (κ1) is 8.98. The molecule has 0 amide bonds. The van der Waals surface area contributed by atoms with Crippen molar-refractivity contribution in [2.45, 2.75) is 35.5 Å². The molecule has 0 spiro atoms. The van der Waals surface area contributed by atoms with Crippen molar-refractivity contribution in [3.63, 3.8) is 0 Å². The third kappa shape index (κ3) is 1.94. The Balaban J connectivity index is 2.46. The van der Waals surface area contributed by atoms with Gasteiger partial charge in [0.2, 0.25) is 0 Å². The average molecular weight is 201 g/mol. The second-order valence-corrected chi connectivity index (χ2v) is 5.00. The third-order valence-electron chi connectivity index (χ3n) is 1.43. The molecule has 10 heavy (non-hydrogen) atoms. The molecule has 1 aliphatic heterocycles. The third-order valence-corrected chi connectivity index (χ3v) is 4.04. The standard InChI is InChI=1S/C6H10Cl2OS/c1-3-5(7)9-6(8)4(2)10-3/h3-6H,1-2H3. The Morgan fingerprint density at radius 2 is 1.50 bits per heavy atom. The molecule has 0 saturated carbocycles. The number of rotatable bonds is 0. The maximum atomic E-state index is 5.80. The molecular weight excluding hydrogens is 191 g/mol. The summed E-state index contributed by atoms with van der Waals surface area (Å²) in [5.74, 6) is 0. The summed E-state index contributed by atoms with van der Waals surface area (Å²) < 4.78 is 5.22. The Morgan fingerprint density at radius 3 is 1.80 bits per heavy atom. The smallest absolute Gasteiger partial charge is 0.144 e. The van der Waals surface area contributed by atoms with Crippen LogP contribution in [-0.2, 0) is 4.74 Å². The van der Waals surface area contributed by atoms with E-state index >= 15 is 0 Å². The summed E-state index contributed by atoms with van der Waals surface area (Å²) >= 11 is 13.4. The highest BCUT2D eigenvalue weighted by molar-refractivity contribution is 8.00. The van der Waals surface area contributed by atoms with Crippen molar-refractivity contribution < 1.29 is 4.74 Å². The second-order valence-electron chi connectivity index (χ2n) is 2.38. The molecule has 1 rings (SSSR count). The monoisotopic (exact) mass is 200 g/mol. The van der Waals surface area contributed by atoms with Crippen LogP contribution in [0, 0.1) is 0 Å². The number of hydrogen-bond donors (Lipinski definition) is 0. The molecule has 4 unspecified atom stereocenters. The molecule has 0 radical (unpaired) electrons. The zero-order valence-electron chi connectivity index (χ0n) is 5.88. The summed E-state index contributed by atoms with van der Waals surface area (Å²) in [4.78, 5) is 0. The van der Waals surface area contributed by atoms with E-state index in [-0.39, 0.29) is 11.1 Å². The predicted molar refractivity (Wildman–Crippen MR) is 46.9 cm³/mol. The Kier molecular flexibility index (Phi) is 3.17. The molecule has 1 fully saturated rings. The number of ether oxygens (including phenoxy) is 1. The largest absolute Gasteiger partial charge is 0.341 e. The van der Waals surface area contributed by atoms with Gasteiger partial charge >= 0.3 is 0 Å². The average Bonchev–Trinajstić information content (AvgIpc) is 1.84. The van der Waals surface area contributed by atoms with Gasteiger partial charge in [0.1, 0.15) is 11.1 Å². The van der Waals surface area contributed by atoms with E-state index in [0.29, 0.717) is 10.5 Å². The summed E-state index contributed by atoms with van der Waals surface area (Å²) in [5.41, 5.74) is -0.465. The van der Waals surface area contributed by atoms with E-state index in [9.17, 15) is 0 Å². The van der Waals surface area contributed by atoms with Crippen LogP contribution in [0.2, 0.25) is 0 Å². The van der Waals surface area contributed by atoms with Gasteiger partial charge in [0.05, 0.1) is 0 Å². The molecule has 1 nitrogen and oxygen atoms in total. The van der Waals surface area contributed by atoms with Gasteiger partial charge in [-0.2, -0.15) is 0 Å². The van der Waals surface area contributed by atoms with Gasteiger partial charge in [-0.1, -0.05) is 23.2 Å². The van der Waals surface area contributed by atoms with Gasteiger partial charge < -0.3 is 4.74 Å². The highest BCUT2D eigenvalue weighted by Crippen LogP contribution is 2.34. The van der Waals surface area contributed by atoms with Crippen molar-refractivity contribution in [1.82, 2.24) is 0 Å². The van der Waals surface area contributed by atoms with Crippen LogP contribution in [0.4, 0.5) is 0 Å². The number of alkyl halides is 2. The van der Waals surface area contributed by atoms with Crippen LogP contribution < -0.4 is 0 Å². The lowest BCUT2D eigenvalue weighted by Gasteiger charge is -2.32.